The van der Waals surface area contributed by atoms with Crippen molar-refractivity contribution in [3.8, 4) is 0 Å². The fourth-order valence-corrected chi connectivity index (χ4v) is 3.18. The zero-order valence-corrected chi connectivity index (χ0v) is 20.7. The van der Waals surface area contributed by atoms with Crippen LogP contribution >= 0.6 is 0 Å². The molecule has 2 aliphatic rings. The molecule has 182 valence electrons. The number of carbonyl (C=O) groups excluding carboxylic acids is 2. The number of aryl methyl sites for hydroxylation is 1. The number of fused-ring (bicyclic) bond motifs is 1. The summed E-state index contributed by atoms with van der Waals surface area (Å²) in [6.07, 6.45) is 5.74. The summed E-state index contributed by atoms with van der Waals surface area (Å²) in [6.45, 7) is 8.58. The number of nitrogen functional groups attached to an aromatic ring is 1. The van der Waals surface area contributed by atoms with Gasteiger partial charge in [0.25, 0.3) is 5.91 Å². The number of nitrogens with zero attached hydrogens (tertiary/aromatic N) is 2. The number of amides is 1. The smallest absolute Gasteiger partial charge is 0.251 e. The predicted octanol–water partition coefficient (Wildman–Crippen LogP) is 3.77. The number of aliphatic hydroxyl groups excluding tert-OH is 1. The summed E-state index contributed by atoms with van der Waals surface area (Å²) >= 11 is 0. The van der Waals surface area contributed by atoms with Gasteiger partial charge in [0.2, 0.25) is 0 Å². The van der Waals surface area contributed by atoms with E-state index < -0.39 is 6.10 Å². The van der Waals surface area contributed by atoms with Gasteiger partial charge in [-0.05, 0) is 69.0 Å². The van der Waals surface area contributed by atoms with E-state index in [1.54, 1.807) is 13.0 Å². The molecule has 0 bridgehead atoms. The molecule has 7 heteroatoms. The highest BCUT2D eigenvalue weighted by Crippen LogP contribution is 2.29. The predicted molar refractivity (Wildman–Crippen MR) is 136 cm³/mol. The molecule has 2 unspecified atom stereocenters. The standard InChI is InChI=1S/C15H22N2O2.C6H8N2.C3H6.C2H4O/c1-10-6-13-7-12(15(19)16-8-11(2)18)4-5-14(13)17(3)9-10;1-5-3-2-4-6(7)8-5;1-2-3-1;1-2-3/h4-5,7,10-11,18H,6,8-9H2,1-3H3,(H,16,19);2-4H,1H3,(H2,7,8);1-3H2;2H,1H3. The maximum Gasteiger partial charge on any atom is 0.251 e. The molecular weight excluding hydrogens is 416 g/mol. The Labute approximate surface area is 198 Å². The fourth-order valence-electron chi connectivity index (χ4n) is 3.18. The number of aromatic nitrogens is 1. The number of nitrogens with one attached hydrogen (secondary N) is 1. The Bertz CT molecular complexity index is 848. The molecule has 0 spiro atoms. The molecule has 7 nitrogen and oxygen atoms in total. The summed E-state index contributed by atoms with van der Waals surface area (Å²) in [5.74, 6) is 1.07. The average Bonchev–Trinajstić information content (AvgIpc) is 3.62. The van der Waals surface area contributed by atoms with E-state index in [0.717, 1.165) is 24.9 Å². The number of nitrogens with two attached hydrogens (primary N) is 1. The normalized spacial score (nSPS) is 16.2. The number of hydrogen-bond acceptors (Lipinski definition) is 6. The first-order valence-corrected chi connectivity index (χ1v) is 11.6. The third-order valence-electron chi connectivity index (χ3n) is 4.73. The molecule has 2 heterocycles. The molecule has 1 amide bonds. The van der Waals surface area contributed by atoms with E-state index in [2.05, 4.69) is 29.2 Å². The largest absolute Gasteiger partial charge is 0.392 e. The first kappa shape index (κ1) is 28.1. The Morgan fingerprint density at radius 2 is 1.94 bits per heavy atom. The van der Waals surface area contributed by atoms with Crippen molar-refractivity contribution < 1.29 is 14.7 Å². The summed E-state index contributed by atoms with van der Waals surface area (Å²) in [6, 6.07) is 11.4. The van der Waals surface area contributed by atoms with Crippen LogP contribution in [0.2, 0.25) is 0 Å². The highest BCUT2D eigenvalue weighted by Gasteiger charge is 2.20. The number of benzene rings is 1. The molecule has 33 heavy (non-hydrogen) atoms. The minimum Gasteiger partial charge on any atom is -0.392 e. The van der Waals surface area contributed by atoms with Crippen molar-refractivity contribution in [2.45, 2.75) is 59.5 Å². The molecular formula is C26H40N4O3. The Morgan fingerprint density at radius 3 is 2.42 bits per heavy atom. The molecule has 4 rings (SSSR count). The summed E-state index contributed by atoms with van der Waals surface area (Å²) in [5.41, 5.74) is 9.42. The quantitative estimate of drug-likeness (QED) is 0.607. The van der Waals surface area contributed by atoms with Crippen LogP contribution in [-0.4, -0.2) is 48.5 Å². The van der Waals surface area contributed by atoms with Crippen LogP contribution in [0.5, 0.6) is 0 Å². The van der Waals surface area contributed by atoms with Crippen LogP contribution in [0.15, 0.2) is 36.4 Å². The number of rotatable bonds is 3. The average molecular weight is 457 g/mol. The van der Waals surface area contributed by atoms with Gasteiger partial charge in [0, 0.05) is 37.1 Å². The summed E-state index contributed by atoms with van der Waals surface area (Å²) in [4.78, 5) is 27.0. The first-order chi connectivity index (χ1) is 15.7. The number of hydrogen-bond donors (Lipinski definition) is 3. The van der Waals surface area contributed by atoms with E-state index >= 15 is 0 Å². The second-order valence-electron chi connectivity index (χ2n) is 8.59. The molecule has 1 aromatic carbocycles. The van der Waals surface area contributed by atoms with E-state index in [9.17, 15) is 9.90 Å². The monoisotopic (exact) mass is 456 g/mol. The van der Waals surface area contributed by atoms with Gasteiger partial charge in [0.1, 0.15) is 12.1 Å². The van der Waals surface area contributed by atoms with Gasteiger partial charge >= 0.3 is 0 Å². The Morgan fingerprint density at radius 1 is 1.30 bits per heavy atom. The zero-order chi connectivity index (χ0) is 24.8. The highest BCUT2D eigenvalue weighted by atomic mass is 16.3. The highest BCUT2D eigenvalue weighted by molar-refractivity contribution is 5.95. The topological polar surface area (TPSA) is 109 Å². The second kappa shape index (κ2) is 15.0. The molecule has 0 saturated heterocycles. The van der Waals surface area contributed by atoms with Gasteiger partial charge in [-0.1, -0.05) is 32.3 Å². The van der Waals surface area contributed by atoms with Crippen molar-refractivity contribution in [2.24, 2.45) is 5.92 Å². The van der Waals surface area contributed by atoms with Gasteiger partial charge in [-0.15, -0.1) is 0 Å². The Balaban J connectivity index is 0.000000316. The van der Waals surface area contributed by atoms with Gasteiger partial charge in [-0.3, -0.25) is 4.79 Å². The lowest BCUT2D eigenvalue weighted by molar-refractivity contribution is -0.106. The number of anilines is 2. The molecule has 2 aromatic rings. The third-order valence-corrected chi connectivity index (χ3v) is 4.73. The fraction of sp³-hybridized carbons (Fsp3) is 0.500. The molecule has 4 N–H and O–H groups in total. The number of carbonyl (C=O) groups is 2. The van der Waals surface area contributed by atoms with Crippen molar-refractivity contribution >= 4 is 23.7 Å². The van der Waals surface area contributed by atoms with Gasteiger partial charge < -0.3 is 25.9 Å². The molecule has 0 radical (unpaired) electrons. The van der Waals surface area contributed by atoms with Crippen molar-refractivity contribution in [3.05, 3.63) is 53.2 Å². The lowest BCUT2D eigenvalue weighted by atomic mass is 9.93. The molecule has 1 aliphatic heterocycles. The van der Waals surface area contributed by atoms with Crippen LogP contribution in [0.3, 0.4) is 0 Å². The van der Waals surface area contributed by atoms with Crippen molar-refractivity contribution in [1.82, 2.24) is 10.3 Å². The Hall–Kier alpha value is -2.93. The summed E-state index contributed by atoms with van der Waals surface area (Å²) in [7, 11) is 2.08. The first-order valence-electron chi connectivity index (χ1n) is 11.6. The lowest BCUT2D eigenvalue weighted by Crippen LogP contribution is -2.32. The number of aliphatic hydroxyl groups is 1. The van der Waals surface area contributed by atoms with Crippen LogP contribution in [0.1, 0.15) is 61.6 Å². The molecule has 2 atom stereocenters. The molecule has 1 aromatic heterocycles. The van der Waals surface area contributed by atoms with Crippen LogP contribution in [0, 0.1) is 12.8 Å². The number of aldehydes is 1. The maximum absolute atomic E-state index is 12.0. The van der Waals surface area contributed by atoms with Gasteiger partial charge in [-0.25, -0.2) is 4.98 Å². The molecule has 1 fully saturated rings. The van der Waals surface area contributed by atoms with E-state index in [1.807, 2.05) is 37.3 Å². The van der Waals surface area contributed by atoms with Gasteiger partial charge in [0.15, 0.2) is 0 Å². The van der Waals surface area contributed by atoms with Crippen LogP contribution in [0.25, 0.3) is 0 Å². The minimum absolute atomic E-state index is 0.121. The van der Waals surface area contributed by atoms with Crippen molar-refractivity contribution in [1.29, 1.82) is 0 Å². The van der Waals surface area contributed by atoms with E-state index in [-0.39, 0.29) is 12.5 Å². The SMILES string of the molecule is C1CC1.CC(O)CNC(=O)c1ccc2c(c1)CC(C)CN2C.CC=O.Cc1cccc(N)n1. The van der Waals surface area contributed by atoms with Gasteiger partial charge in [-0.2, -0.15) is 0 Å². The third kappa shape index (κ3) is 12.0. The minimum atomic E-state index is -0.521. The summed E-state index contributed by atoms with van der Waals surface area (Å²) in [5, 5.41) is 11.9. The molecule has 1 saturated carbocycles. The van der Waals surface area contributed by atoms with Crippen molar-refractivity contribution in [3.63, 3.8) is 0 Å². The van der Waals surface area contributed by atoms with Gasteiger partial charge in [0.05, 0.1) is 6.10 Å². The van der Waals surface area contributed by atoms with E-state index in [1.165, 1.54) is 37.4 Å². The van der Waals surface area contributed by atoms with E-state index in [0.29, 0.717) is 17.3 Å². The lowest BCUT2D eigenvalue weighted by Gasteiger charge is -2.32. The van der Waals surface area contributed by atoms with Crippen LogP contribution < -0.4 is 16.0 Å². The number of pyridine rings is 1. The van der Waals surface area contributed by atoms with Crippen molar-refractivity contribution in [2.75, 3.05) is 30.8 Å². The van der Waals surface area contributed by atoms with E-state index in [4.69, 9.17) is 10.5 Å². The maximum atomic E-state index is 12.0. The Kier molecular flexibility index (Phi) is 12.8. The summed E-state index contributed by atoms with van der Waals surface area (Å²) < 4.78 is 0. The second-order valence-corrected chi connectivity index (χ2v) is 8.59. The van der Waals surface area contributed by atoms with Crippen LogP contribution in [-0.2, 0) is 11.2 Å². The van der Waals surface area contributed by atoms with Crippen LogP contribution in [0.4, 0.5) is 11.5 Å². The zero-order valence-electron chi connectivity index (χ0n) is 20.7. The molecule has 1 aliphatic carbocycles.